The maximum Gasteiger partial charge on any atom is 0.253 e. The van der Waals surface area contributed by atoms with Crippen molar-refractivity contribution in [3.63, 3.8) is 0 Å². The average molecular weight is 285 g/mol. The number of anilines is 1. The Morgan fingerprint density at radius 1 is 1.24 bits per heavy atom. The summed E-state index contributed by atoms with van der Waals surface area (Å²) in [6.07, 6.45) is 2.71. The fourth-order valence-electron chi connectivity index (χ4n) is 2.19. The summed E-state index contributed by atoms with van der Waals surface area (Å²) in [4.78, 5) is 16.8. The van der Waals surface area contributed by atoms with Crippen LogP contribution in [0, 0.1) is 5.92 Å². The Labute approximate surface area is 126 Å². The van der Waals surface area contributed by atoms with Crippen molar-refractivity contribution in [2.45, 2.75) is 27.2 Å². The van der Waals surface area contributed by atoms with Crippen LogP contribution in [-0.4, -0.2) is 24.0 Å². The first-order chi connectivity index (χ1) is 10.2. The van der Waals surface area contributed by atoms with E-state index in [9.17, 15) is 4.79 Å². The third-order valence-electron chi connectivity index (χ3n) is 3.69. The Hall–Kier alpha value is -2.10. The first-order valence-corrected chi connectivity index (χ1v) is 7.57. The highest BCUT2D eigenvalue weighted by Gasteiger charge is 2.13. The van der Waals surface area contributed by atoms with Gasteiger partial charge in [-0.1, -0.05) is 44.5 Å². The minimum atomic E-state index is -0.0537. The molecule has 2 rings (SSSR count). The number of aromatic nitrogens is 1. The molecule has 1 atom stereocenters. The van der Waals surface area contributed by atoms with Gasteiger partial charge in [0, 0.05) is 24.7 Å². The highest BCUT2D eigenvalue weighted by Crippen LogP contribution is 2.24. The van der Waals surface area contributed by atoms with Crippen molar-refractivity contribution in [1.82, 2.24) is 10.3 Å². The van der Waals surface area contributed by atoms with E-state index in [1.54, 1.807) is 6.20 Å². The maximum absolute atomic E-state index is 12.4. The molecule has 0 fully saturated rings. The molecule has 0 radical (unpaired) electrons. The van der Waals surface area contributed by atoms with E-state index >= 15 is 0 Å². The monoisotopic (exact) mass is 285 g/mol. The lowest BCUT2D eigenvalue weighted by atomic mass is 10.1. The molecule has 2 N–H and O–H groups in total. The number of rotatable bonds is 6. The number of carbonyl (C=O) groups excluding carboxylic acids is 1. The molecule has 4 heteroatoms. The third-order valence-corrected chi connectivity index (χ3v) is 3.69. The Bertz CT molecular complexity index is 624. The van der Waals surface area contributed by atoms with Crippen LogP contribution in [0.2, 0.25) is 0 Å². The van der Waals surface area contributed by atoms with Gasteiger partial charge in [-0.2, -0.15) is 0 Å². The van der Waals surface area contributed by atoms with Crippen LogP contribution >= 0.6 is 0 Å². The van der Waals surface area contributed by atoms with Crippen LogP contribution < -0.4 is 10.6 Å². The lowest BCUT2D eigenvalue weighted by molar-refractivity contribution is 0.0949. The van der Waals surface area contributed by atoms with Gasteiger partial charge < -0.3 is 10.6 Å². The smallest absolute Gasteiger partial charge is 0.253 e. The molecule has 1 aromatic carbocycles. The predicted molar refractivity (Wildman–Crippen MR) is 87.7 cm³/mol. The van der Waals surface area contributed by atoms with Crippen LogP contribution in [-0.2, 0) is 0 Å². The molecule has 1 heterocycles. The zero-order valence-electron chi connectivity index (χ0n) is 12.9. The van der Waals surface area contributed by atoms with Crippen molar-refractivity contribution >= 4 is 22.5 Å². The Kier molecular flexibility index (Phi) is 5.14. The minimum Gasteiger partial charge on any atom is -0.370 e. The number of pyridine rings is 1. The molecule has 21 heavy (non-hydrogen) atoms. The van der Waals surface area contributed by atoms with Crippen molar-refractivity contribution in [2.75, 3.05) is 18.4 Å². The lowest BCUT2D eigenvalue weighted by Gasteiger charge is -2.13. The van der Waals surface area contributed by atoms with Crippen LogP contribution in [0.15, 0.2) is 30.5 Å². The second-order valence-electron chi connectivity index (χ2n) is 5.32. The topological polar surface area (TPSA) is 54.0 Å². The van der Waals surface area contributed by atoms with Gasteiger partial charge in [-0.3, -0.25) is 4.79 Å². The molecule has 4 nitrogen and oxygen atoms in total. The second-order valence-corrected chi connectivity index (χ2v) is 5.32. The number of hydrogen-bond acceptors (Lipinski definition) is 3. The Morgan fingerprint density at radius 3 is 2.62 bits per heavy atom. The van der Waals surface area contributed by atoms with Crippen LogP contribution in [0.3, 0.4) is 0 Å². The third kappa shape index (κ3) is 3.51. The summed E-state index contributed by atoms with van der Waals surface area (Å²) in [7, 11) is 0. The molecular formula is C17H23N3O. The van der Waals surface area contributed by atoms with Crippen LogP contribution in [0.5, 0.6) is 0 Å². The lowest BCUT2D eigenvalue weighted by Crippen LogP contribution is -2.28. The van der Waals surface area contributed by atoms with Crippen LogP contribution in [0.4, 0.5) is 5.82 Å². The average Bonchev–Trinajstić information content (AvgIpc) is 2.52. The van der Waals surface area contributed by atoms with E-state index in [1.165, 1.54) is 0 Å². The number of nitrogens with zero attached hydrogens (tertiary/aromatic N) is 1. The van der Waals surface area contributed by atoms with Crippen molar-refractivity contribution in [3.8, 4) is 0 Å². The van der Waals surface area contributed by atoms with Crippen molar-refractivity contribution in [1.29, 1.82) is 0 Å². The van der Waals surface area contributed by atoms with Gasteiger partial charge >= 0.3 is 0 Å². The molecule has 0 spiro atoms. The first kappa shape index (κ1) is 15.3. The zero-order chi connectivity index (χ0) is 15.2. The predicted octanol–water partition coefficient (Wildman–Crippen LogP) is 3.44. The van der Waals surface area contributed by atoms with E-state index in [-0.39, 0.29) is 5.91 Å². The molecule has 112 valence electrons. The van der Waals surface area contributed by atoms with Crippen molar-refractivity contribution in [2.24, 2.45) is 5.92 Å². The number of hydrogen-bond donors (Lipinski definition) is 2. The summed E-state index contributed by atoms with van der Waals surface area (Å²) in [6, 6.07) is 7.87. The Morgan fingerprint density at radius 2 is 1.95 bits per heavy atom. The number of nitrogens with one attached hydrogen (secondary N) is 2. The summed E-state index contributed by atoms with van der Waals surface area (Å²) in [5.74, 6) is 1.25. The molecule has 2 aromatic rings. The van der Waals surface area contributed by atoms with Gasteiger partial charge in [0.15, 0.2) is 0 Å². The maximum atomic E-state index is 12.4. The number of fused-ring (bicyclic) bond motifs is 1. The molecule has 0 saturated heterocycles. The minimum absolute atomic E-state index is 0.0537. The van der Waals surface area contributed by atoms with Gasteiger partial charge in [0.05, 0.1) is 5.56 Å². The quantitative estimate of drug-likeness (QED) is 0.854. The second kappa shape index (κ2) is 7.07. The summed E-state index contributed by atoms with van der Waals surface area (Å²) >= 11 is 0. The molecule has 0 aliphatic carbocycles. The first-order valence-electron chi connectivity index (χ1n) is 7.57. The summed E-state index contributed by atoms with van der Waals surface area (Å²) in [6.45, 7) is 7.78. The van der Waals surface area contributed by atoms with E-state index in [2.05, 4.69) is 29.5 Å². The highest BCUT2D eigenvalue weighted by molar-refractivity contribution is 6.09. The largest absolute Gasteiger partial charge is 0.370 e. The normalized spacial score (nSPS) is 12.1. The standard InChI is InChI=1S/C17H23N3O/c1-4-12(3)10-20-17(21)15-11-19-16(18-5-2)14-9-7-6-8-13(14)15/h6-9,11-12H,4-5,10H2,1-3H3,(H,18,19)(H,20,21). The molecule has 0 aliphatic rings. The fourth-order valence-corrected chi connectivity index (χ4v) is 2.19. The van der Waals surface area contributed by atoms with Gasteiger partial charge in [-0.15, -0.1) is 0 Å². The summed E-state index contributed by atoms with van der Waals surface area (Å²) in [5, 5.41) is 8.14. The SMILES string of the molecule is CCNc1ncc(C(=O)NCC(C)CC)c2ccccc12. The summed E-state index contributed by atoms with van der Waals surface area (Å²) < 4.78 is 0. The van der Waals surface area contributed by atoms with Crippen molar-refractivity contribution < 1.29 is 4.79 Å². The zero-order valence-corrected chi connectivity index (χ0v) is 12.9. The van der Waals surface area contributed by atoms with Gasteiger partial charge in [-0.25, -0.2) is 4.98 Å². The fraction of sp³-hybridized carbons (Fsp3) is 0.412. The molecule has 1 aromatic heterocycles. The van der Waals surface area contributed by atoms with Crippen molar-refractivity contribution in [3.05, 3.63) is 36.0 Å². The Balaban J connectivity index is 2.32. The van der Waals surface area contributed by atoms with Crippen LogP contribution in [0.1, 0.15) is 37.6 Å². The molecule has 1 amide bonds. The van der Waals surface area contributed by atoms with Gasteiger partial charge in [0.2, 0.25) is 0 Å². The molecular weight excluding hydrogens is 262 g/mol. The van der Waals surface area contributed by atoms with E-state index in [4.69, 9.17) is 0 Å². The van der Waals surface area contributed by atoms with E-state index in [0.29, 0.717) is 18.0 Å². The van der Waals surface area contributed by atoms with E-state index in [0.717, 1.165) is 29.6 Å². The van der Waals surface area contributed by atoms with Gasteiger partial charge in [0.1, 0.15) is 5.82 Å². The van der Waals surface area contributed by atoms with Gasteiger partial charge in [0.25, 0.3) is 5.91 Å². The van der Waals surface area contributed by atoms with Crippen LogP contribution in [0.25, 0.3) is 10.8 Å². The highest BCUT2D eigenvalue weighted by atomic mass is 16.1. The molecule has 0 saturated carbocycles. The van der Waals surface area contributed by atoms with E-state index < -0.39 is 0 Å². The number of amides is 1. The van der Waals surface area contributed by atoms with E-state index in [1.807, 2.05) is 31.2 Å². The number of carbonyl (C=O) groups is 1. The molecule has 0 bridgehead atoms. The molecule has 0 aliphatic heterocycles. The van der Waals surface area contributed by atoms with Gasteiger partial charge in [-0.05, 0) is 18.2 Å². The number of benzene rings is 1. The molecule has 1 unspecified atom stereocenters. The summed E-state index contributed by atoms with van der Waals surface area (Å²) in [5.41, 5.74) is 0.635.